The summed E-state index contributed by atoms with van der Waals surface area (Å²) >= 11 is 6.56. The first kappa shape index (κ1) is 40.1. The number of rotatable bonds is 16. The fraction of sp³-hybridized carbons (Fsp3) is 0.474. The minimum absolute atomic E-state index is 0. The molecule has 49 heavy (non-hydrogen) atoms. The Hall–Kier alpha value is -3.37. The van der Waals surface area contributed by atoms with Crippen molar-refractivity contribution in [2.45, 2.75) is 78.6 Å². The van der Waals surface area contributed by atoms with E-state index < -0.39 is 23.9 Å². The van der Waals surface area contributed by atoms with E-state index in [0.29, 0.717) is 52.1 Å². The molecule has 0 saturated carbocycles. The average molecular weight is 719 g/mol. The van der Waals surface area contributed by atoms with Crippen LogP contribution in [0, 0.1) is 11.2 Å². The van der Waals surface area contributed by atoms with Gasteiger partial charge >= 0.3 is 0 Å². The maximum Gasteiger partial charge on any atom is 0.256 e. The van der Waals surface area contributed by atoms with Crippen molar-refractivity contribution in [2.75, 3.05) is 38.3 Å². The second-order valence-electron chi connectivity index (χ2n) is 13.3. The van der Waals surface area contributed by atoms with Crippen molar-refractivity contribution in [1.82, 2.24) is 10.6 Å². The Morgan fingerprint density at radius 2 is 1.78 bits per heavy atom. The van der Waals surface area contributed by atoms with Crippen LogP contribution in [0.25, 0.3) is 0 Å². The molecular formula is C38H50Cl2FN3O5. The average Bonchev–Trinajstić information content (AvgIpc) is 3.15. The van der Waals surface area contributed by atoms with Crippen molar-refractivity contribution >= 4 is 41.5 Å². The van der Waals surface area contributed by atoms with Gasteiger partial charge in [-0.2, -0.15) is 0 Å². The standard InChI is InChI=1S/C38H49ClFN3O5.ClH/c1-6-7-10-19-41-20-12-21-47-32-16-11-14-28(36(32)46-5)35-29-22-27(39)17-18-31(29)43(25-38(2,3)4)37(45)33(48-35)23-34(44)42-24-26-13-8-9-15-30(26)40;/h8-9,11,13-18,22,33,35,41H,6-7,10,12,19-21,23-25H2,1-5H3,(H,42,44);1H. The molecule has 2 N–H and O–H groups in total. The van der Waals surface area contributed by atoms with Crippen molar-refractivity contribution in [3.8, 4) is 11.5 Å². The van der Waals surface area contributed by atoms with Crippen LogP contribution < -0.4 is 25.0 Å². The number of nitrogens with zero attached hydrogens (tertiary/aromatic N) is 1. The van der Waals surface area contributed by atoms with Crippen LogP contribution in [0.2, 0.25) is 5.02 Å². The number of ether oxygens (including phenoxy) is 3. The summed E-state index contributed by atoms with van der Waals surface area (Å²) in [7, 11) is 1.57. The zero-order valence-corrected chi connectivity index (χ0v) is 30.7. The van der Waals surface area contributed by atoms with Crippen LogP contribution in [-0.2, 0) is 20.9 Å². The van der Waals surface area contributed by atoms with E-state index in [0.717, 1.165) is 25.9 Å². The van der Waals surface area contributed by atoms with E-state index in [1.165, 1.54) is 18.9 Å². The first-order valence-electron chi connectivity index (χ1n) is 16.8. The molecule has 2 amide bonds. The van der Waals surface area contributed by atoms with Gasteiger partial charge in [0.05, 0.1) is 20.1 Å². The van der Waals surface area contributed by atoms with Crippen LogP contribution >= 0.6 is 24.0 Å². The molecule has 268 valence electrons. The van der Waals surface area contributed by atoms with E-state index in [2.05, 4.69) is 17.6 Å². The van der Waals surface area contributed by atoms with Gasteiger partial charge in [0.25, 0.3) is 5.91 Å². The summed E-state index contributed by atoms with van der Waals surface area (Å²) in [5.74, 6) is -0.184. The van der Waals surface area contributed by atoms with E-state index in [-0.39, 0.29) is 36.7 Å². The summed E-state index contributed by atoms with van der Waals surface area (Å²) < 4.78 is 33.0. The van der Waals surface area contributed by atoms with Crippen LogP contribution in [0.5, 0.6) is 11.5 Å². The molecule has 0 fully saturated rings. The number of benzene rings is 3. The quantitative estimate of drug-likeness (QED) is 0.146. The van der Waals surface area contributed by atoms with Gasteiger partial charge in [0.2, 0.25) is 5.91 Å². The molecule has 2 atom stereocenters. The topological polar surface area (TPSA) is 89.1 Å². The predicted molar refractivity (Wildman–Crippen MR) is 196 cm³/mol. The number of amides is 2. The molecule has 1 aliphatic rings. The highest BCUT2D eigenvalue weighted by Gasteiger charge is 2.40. The summed E-state index contributed by atoms with van der Waals surface area (Å²) in [5.41, 5.74) is 2.02. The first-order valence-corrected chi connectivity index (χ1v) is 17.2. The molecule has 3 aromatic carbocycles. The van der Waals surface area contributed by atoms with Crippen molar-refractivity contribution < 1.29 is 28.2 Å². The predicted octanol–water partition coefficient (Wildman–Crippen LogP) is 8.03. The first-order chi connectivity index (χ1) is 23.0. The van der Waals surface area contributed by atoms with Crippen LogP contribution in [0.4, 0.5) is 10.1 Å². The van der Waals surface area contributed by atoms with Gasteiger partial charge < -0.3 is 29.7 Å². The summed E-state index contributed by atoms with van der Waals surface area (Å²) in [5, 5.41) is 6.69. The molecular weight excluding hydrogens is 668 g/mol. The van der Waals surface area contributed by atoms with Crippen LogP contribution in [0.1, 0.15) is 82.6 Å². The Morgan fingerprint density at radius 3 is 2.49 bits per heavy atom. The Labute approximate surface area is 301 Å². The normalized spacial score (nSPS) is 16.0. The maximum atomic E-state index is 14.3. The van der Waals surface area contributed by atoms with Crippen molar-refractivity contribution in [3.05, 3.63) is 88.2 Å². The molecule has 1 aliphatic heterocycles. The zero-order chi connectivity index (χ0) is 34.7. The maximum absolute atomic E-state index is 14.3. The molecule has 3 aromatic rings. The monoisotopic (exact) mass is 717 g/mol. The molecule has 0 saturated heterocycles. The van der Waals surface area contributed by atoms with Gasteiger partial charge in [-0.1, -0.05) is 82.5 Å². The third-order valence-electron chi connectivity index (χ3n) is 8.05. The molecule has 4 rings (SSSR count). The lowest BCUT2D eigenvalue weighted by Gasteiger charge is -2.31. The molecule has 0 aliphatic carbocycles. The summed E-state index contributed by atoms with van der Waals surface area (Å²) in [4.78, 5) is 29.2. The highest BCUT2D eigenvalue weighted by atomic mass is 35.5. The van der Waals surface area contributed by atoms with Crippen LogP contribution in [-0.4, -0.2) is 51.3 Å². The third kappa shape index (κ3) is 11.3. The van der Waals surface area contributed by atoms with Gasteiger partial charge in [-0.15, -0.1) is 12.4 Å². The minimum Gasteiger partial charge on any atom is -0.492 e. The van der Waals surface area contributed by atoms with Gasteiger partial charge in [0.15, 0.2) is 11.5 Å². The number of anilines is 1. The van der Waals surface area contributed by atoms with E-state index in [9.17, 15) is 14.0 Å². The lowest BCUT2D eigenvalue weighted by Crippen LogP contribution is -2.45. The zero-order valence-electron chi connectivity index (χ0n) is 29.2. The number of methoxy groups -OCH3 is 1. The molecule has 1 heterocycles. The van der Waals surface area contributed by atoms with E-state index in [4.69, 9.17) is 25.8 Å². The molecule has 11 heteroatoms. The molecule has 0 bridgehead atoms. The smallest absolute Gasteiger partial charge is 0.256 e. The second-order valence-corrected chi connectivity index (χ2v) is 13.7. The number of halogens is 3. The number of fused-ring (bicyclic) bond motifs is 1. The van der Waals surface area contributed by atoms with Gasteiger partial charge in [-0.3, -0.25) is 9.59 Å². The van der Waals surface area contributed by atoms with Gasteiger partial charge in [-0.05, 0) is 61.7 Å². The fourth-order valence-corrected chi connectivity index (χ4v) is 5.92. The minimum atomic E-state index is -1.16. The lowest BCUT2D eigenvalue weighted by molar-refractivity contribution is -0.138. The Kier molecular flexibility index (Phi) is 15.6. The molecule has 0 aromatic heterocycles. The summed E-state index contributed by atoms with van der Waals surface area (Å²) in [6.07, 6.45) is 2.13. The van der Waals surface area contributed by atoms with Gasteiger partial charge in [-0.25, -0.2) is 4.39 Å². The molecule has 0 spiro atoms. The van der Waals surface area contributed by atoms with Crippen LogP contribution in [0.15, 0.2) is 60.7 Å². The molecule has 0 radical (unpaired) electrons. The van der Waals surface area contributed by atoms with Crippen molar-refractivity contribution in [1.29, 1.82) is 0 Å². The van der Waals surface area contributed by atoms with E-state index in [1.54, 1.807) is 42.3 Å². The number of hydrogen-bond donors (Lipinski definition) is 2. The van der Waals surface area contributed by atoms with Crippen LogP contribution in [0.3, 0.4) is 0 Å². The number of para-hydroxylation sites is 1. The van der Waals surface area contributed by atoms with Gasteiger partial charge in [0.1, 0.15) is 18.0 Å². The summed E-state index contributed by atoms with van der Waals surface area (Å²) in [6.45, 7) is 11.0. The fourth-order valence-electron chi connectivity index (χ4n) is 5.73. The lowest BCUT2D eigenvalue weighted by atomic mass is 9.94. The number of carbonyl (C=O) groups is 2. The van der Waals surface area contributed by atoms with E-state index in [1.807, 2.05) is 45.0 Å². The number of carbonyl (C=O) groups excluding carboxylic acids is 2. The van der Waals surface area contributed by atoms with Crippen molar-refractivity contribution in [2.24, 2.45) is 5.41 Å². The highest BCUT2D eigenvalue weighted by Crippen LogP contribution is 2.45. The largest absolute Gasteiger partial charge is 0.492 e. The number of unbranched alkanes of at least 4 members (excludes halogenated alkanes) is 2. The van der Waals surface area contributed by atoms with E-state index >= 15 is 0 Å². The van der Waals surface area contributed by atoms with Gasteiger partial charge in [0, 0.05) is 40.5 Å². The summed E-state index contributed by atoms with van der Waals surface area (Å²) in [6, 6.07) is 17.2. The van der Waals surface area contributed by atoms with Crippen molar-refractivity contribution in [3.63, 3.8) is 0 Å². The molecule has 8 nitrogen and oxygen atoms in total. The second kappa shape index (κ2) is 19.1. The number of hydrogen-bond acceptors (Lipinski definition) is 6. The Morgan fingerprint density at radius 1 is 1.02 bits per heavy atom. The Balaban J connectivity index is 0.00000650. The Bertz CT molecular complexity index is 1530. The third-order valence-corrected chi connectivity index (χ3v) is 8.29. The SMILES string of the molecule is CCCCCNCCCOc1cccc(C2OC(CC(=O)NCc3ccccc3F)C(=O)N(CC(C)(C)C)c3ccc(Cl)cc32)c1OC.Cl. The number of nitrogens with one attached hydrogen (secondary N) is 2. The highest BCUT2D eigenvalue weighted by molar-refractivity contribution is 6.30. The molecule has 2 unspecified atom stereocenters.